The Morgan fingerprint density at radius 2 is 1.93 bits per heavy atom. The smallest absolute Gasteiger partial charge is 0.257 e. The summed E-state index contributed by atoms with van der Waals surface area (Å²) in [6, 6.07) is 11.7. The van der Waals surface area contributed by atoms with Crippen LogP contribution < -0.4 is 10.2 Å². The number of hydrogen-bond donors (Lipinski definition) is 1. The Morgan fingerprint density at radius 1 is 1.07 bits per heavy atom. The van der Waals surface area contributed by atoms with Crippen LogP contribution in [0.1, 0.15) is 64.4 Å². The maximum absolute atomic E-state index is 13.0. The summed E-state index contributed by atoms with van der Waals surface area (Å²) in [5.74, 6) is -0.0275. The normalized spacial score (nSPS) is 20.2. The number of carbonyl (C=O) groups excluding carboxylic acids is 2. The van der Waals surface area contributed by atoms with E-state index in [9.17, 15) is 9.59 Å². The largest absolute Gasteiger partial charge is 0.351 e. The van der Waals surface area contributed by atoms with Crippen molar-refractivity contribution in [3.8, 4) is 0 Å². The molecule has 2 aromatic carbocycles. The summed E-state index contributed by atoms with van der Waals surface area (Å²) in [6.07, 6.45) is 6.72. The summed E-state index contributed by atoms with van der Waals surface area (Å²) in [5, 5.41) is 3.04. The maximum Gasteiger partial charge on any atom is 0.257 e. The summed E-state index contributed by atoms with van der Waals surface area (Å²) >= 11 is 0. The van der Waals surface area contributed by atoms with Crippen LogP contribution >= 0.6 is 0 Å². The Hall–Kier alpha value is -2.82. The van der Waals surface area contributed by atoms with Crippen molar-refractivity contribution >= 4 is 23.2 Å². The highest BCUT2D eigenvalue weighted by atomic mass is 16.2. The molecule has 0 aromatic heterocycles. The van der Waals surface area contributed by atoms with Crippen LogP contribution in [0.4, 0.5) is 11.4 Å². The molecule has 1 N–H and O–H groups in total. The molecule has 5 heteroatoms. The summed E-state index contributed by atoms with van der Waals surface area (Å²) in [4.78, 5) is 30.2. The topological polar surface area (TPSA) is 52.7 Å². The van der Waals surface area contributed by atoms with Gasteiger partial charge in [0.15, 0.2) is 0 Å². The standard InChI is InChI=1S/C24H27N3O2/c1-2-26-21-15-18(10-12-20(21)24(29)27-13-4-3-8-22(26)27)23(28)25-19-11-9-16-6-5-7-17(16)14-19/h9-12,14-15,22H,2-8,13H2,1H3,(H,25,28)/t22-/m1/s1. The van der Waals surface area contributed by atoms with Crippen molar-refractivity contribution < 1.29 is 9.59 Å². The Bertz CT molecular complexity index is 984. The highest BCUT2D eigenvalue weighted by Gasteiger charge is 2.38. The van der Waals surface area contributed by atoms with Gasteiger partial charge in [-0.2, -0.15) is 0 Å². The number of carbonyl (C=O) groups is 2. The van der Waals surface area contributed by atoms with Crippen LogP contribution in [0.15, 0.2) is 36.4 Å². The first-order chi connectivity index (χ1) is 14.2. The van der Waals surface area contributed by atoms with Crippen LogP contribution in [0.25, 0.3) is 0 Å². The minimum atomic E-state index is -0.125. The summed E-state index contributed by atoms with van der Waals surface area (Å²) in [6.45, 7) is 3.75. The van der Waals surface area contributed by atoms with Crippen molar-refractivity contribution in [2.45, 2.75) is 51.6 Å². The van der Waals surface area contributed by atoms with Gasteiger partial charge in [0.05, 0.1) is 11.3 Å². The zero-order chi connectivity index (χ0) is 20.0. The number of nitrogens with zero attached hydrogens (tertiary/aromatic N) is 2. The highest BCUT2D eigenvalue weighted by molar-refractivity contribution is 6.08. The molecule has 0 saturated carbocycles. The molecule has 0 bridgehead atoms. The first-order valence-electron chi connectivity index (χ1n) is 10.8. The molecule has 0 radical (unpaired) electrons. The second-order valence-electron chi connectivity index (χ2n) is 8.28. The molecular formula is C24H27N3O2. The summed E-state index contributed by atoms with van der Waals surface area (Å²) in [5.41, 5.74) is 5.77. The molecule has 5 rings (SSSR count). The lowest BCUT2D eigenvalue weighted by molar-refractivity contribution is 0.0582. The molecule has 3 aliphatic rings. The van der Waals surface area contributed by atoms with E-state index >= 15 is 0 Å². The molecule has 2 aromatic rings. The van der Waals surface area contributed by atoms with Gasteiger partial charge in [0.2, 0.25) is 0 Å². The van der Waals surface area contributed by atoms with E-state index in [0.29, 0.717) is 11.1 Å². The SMILES string of the molecule is CCN1c2cc(C(=O)Nc3ccc4c(c3)CCC4)ccc2C(=O)N2CCCC[C@@H]21. The van der Waals surface area contributed by atoms with Crippen LogP contribution in [0.2, 0.25) is 0 Å². The van der Waals surface area contributed by atoms with Crippen LogP contribution in [0.3, 0.4) is 0 Å². The van der Waals surface area contributed by atoms with Crippen molar-refractivity contribution in [1.29, 1.82) is 0 Å². The van der Waals surface area contributed by atoms with E-state index in [1.165, 1.54) is 17.5 Å². The molecule has 150 valence electrons. The predicted octanol–water partition coefficient (Wildman–Crippen LogP) is 4.22. The molecular weight excluding hydrogens is 362 g/mol. The third kappa shape index (κ3) is 3.09. The van der Waals surface area contributed by atoms with Crippen LogP contribution in [-0.2, 0) is 12.8 Å². The van der Waals surface area contributed by atoms with Crippen LogP contribution in [0, 0.1) is 0 Å². The quantitative estimate of drug-likeness (QED) is 0.855. The van der Waals surface area contributed by atoms with E-state index in [1.807, 2.05) is 23.1 Å². The van der Waals surface area contributed by atoms with Gasteiger partial charge < -0.3 is 15.1 Å². The lowest BCUT2D eigenvalue weighted by Crippen LogP contribution is -2.57. The number of benzene rings is 2. The lowest BCUT2D eigenvalue weighted by Gasteiger charge is -2.47. The molecule has 1 saturated heterocycles. The minimum Gasteiger partial charge on any atom is -0.351 e. The molecule has 1 atom stereocenters. The number of hydrogen-bond acceptors (Lipinski definition) is 3. The van der Waals surface area contributed by atoms with Crippen molar-refractivity contribution in [1.82, 2.24) is 4.90 Å². The lowest BCUT2D eigenvalue weighted by atomic mass is 9.97. The van der Waals surface area contributed by atoms with Gasteiger partial charge in [-0.05, 0) is 86.9 Å². The second-order valence-corrected chi connectivity index (χ2v) is 8.28. The number of anilines is 2. The van der Waals surface area contributed by atoms with Crippen molar-refractivity contribution in [2.24, 2.45) is 0 Å². The molecule has 1 aliphatic carbocycles. The average Bonchev–Trinajstić information content (AvgIpc) is 3.22. The van der Waals surface area contributed by atoms with Gasteiger partial charge in [-0.1, -0.05) is 6.07 Å². The van der Waals surface area contributed by atoms with Crippen molar-refractivity contribution in [3.05, 3.63) is 58.7 Å². The summed E-state index contributed by atoms with van der Waals surface area (Å²) < 4.78 is 0. The van der Waals surface area contributed by atoms with Crippen molar-refractivity contribution in [2.75, 3.05) is 23.3 Å². The fourth-order valence-corrected chi connectivity index (χ4v) is 5.12. The molecule has 29 heavy (non-hydrogen) atoms. The molecule has 2 aliphatic heterocycles. The van der Waals surface area contributed by atoms with Gasteiger partial charge in [0, 0.05) is 24.3 Å². The molecule has 0 spiro atoms. The number of piperidine rings is 1. The van der Waals surface area contributed by atoms with Gasteiger partial charge in [0.25, 0.3) is 11.8 Å². The first-order valence-corrected chi connectivity index (χ1v) is 10.8. The summed E-state index contributed by atoms with van der Waals surface area (Å²) in [7, 11) is 0. The Balaban J connectivity index is 1.44. The number of aryl methyl sites for hydroxylation is 2. The third-order valence-corrected chi connectivity index (χ3v) is 6.59. The van der Waals surface area contributed by atoms with Crippen LogP contribution in [-0.4, -0.2) is 36.0 Å². The van der Waals surface area contributed by atoms with Gasteiger partial charge >= 0.3 is 0 Å². The van der Waals surface area contributed by atoms with E-state index < -0.39 is 0 Å². The predicted molar refractivity (Wildman–Crippen MR) is 115 cm³/mol. The highest BCUT2D eigenvalue weighted by Crippen LogP contribution is 2.36. The van der Waals surface area contributed by atoms with E-state index in [-0.39, 0.29) is 18.0 Å². The number of fused-ring (bicyclic) bond motifs is 3. The van der Waals surface area contributed by atoms with E-state index in [1.54, 1.807) is 6.07 Å². The first kappa shape index (κ1) is 18.2. The van der Waals surface area contributed by atoms with Gasteiger partial charge in [-0.25, -0.2) is 0 Å². The molecule has 5 nitrogen and oxygen atoms in total. The fourth-order valence-electron chi connectivity index (χ4n) is 5.12. The van der Waals surface area contributed by atoms with E-state index in [2.05, 4.69) is 29.3 Å². The number of nitrogens with one attached hydrogen (secondary N) is 1. The van der Waals surface area contributed by atoms with Gasteiger partial charge in [0.1, 0.15) is 6.17 Å². The average molecular weight is 389 g/mol. The molecule has 0 unspecified atom stereocenters. The van der Waals surface area contributed by atoms with Gasteiger partial charge in [-0.3, -0.25) is 9.59 Å². The zero-order valence-corrected chi connectivity index (χ0v) is 16.9. The number of rotatable bonds is 3. The number of amides is 2. The Morgan fingerprint density at radius 3 is 2.79 bits per heavy atom. The van der Waals surface area contributed by atoms with Crippen molar-refractivity contribution in [3.63, 3.8) is 0 Å². The maximum atomic E-state index is 13.0. The van der Waals surface area contributed by atoms with E-state index in [4.69, 9.17) is 0 Å². The fraction of sp³-hybridized carbons (Fsp3) is 0.417. The van der Waals surface area contributed by atoms with Gasteiger partial charge in [-0.15, -0.1) is 0 Å². The second kappa shape index (κ2) is 7.21. The molecule has 2 amide bonds. The monoisotopic (exact) mass is 389 g/mol. The van der Waals surface area contributed by atoms with Crippen LogP contribution in [0.5, 0.6) is 0 Å². The Kier molecular flexibility index (Phi) is 4.53. The van der Waals surface area contributed by atoms with E-state index in [0.717, 1.165) is 56.6 Å². The minimum absolute atomic E-state index is 0.0972. The Labute approximate surface area is 171 Å². The third-order valence-electron chi connectivity index (χ3n) is 6.59. The molecule has 1 fully saturated rings. The zero-order valence-electron chi connectivity index (χ0n) is 16.9. The molecule has 2 heterocycles.